The SMILES string of the molecule is Cc1ccc(C(=O)N(Cc2ccco2)C2CCS(=O)(=O)C2)cn1. The maximum atomic E-state index is 12.8. The molecule has 1 unspecified atom stereocenters. The van der Waals surface area contributed by atoms with E-state index in [9.17, 15) is 13.2 Å². The Balaban J connectivity index is 1.88. The highest BCUT2D eigenvalue weighted by Gasteiger charge is 2.35. The fourth-order valence-corrected chi connectivity index (χ4v) is 4.45. The molecule has 1 aliphatic rings. The smallest absolute Gasteiger partial charge is 0.256 e. The summed E-state index contributed by atoms with van der Waals surface area (Å²) in [6, 6.07) is 6.67. The van der Waals surface area contributed by atoms with E-state index in [1.54, 1.807) is 29.2 Å². The van der Waals surface area contributed by atoms with Gasteiger partial charge in [-0.15, -0.1) is 0 Å². The number of pyridine rings is 1. The molecule has 0 saturated carbocycles. The Kier molecular flexibility index (Phi) is 4.21. The molecule has 1 atom stereocenters. The van der Waals surface area contributed by atoms with Crippen LogP contribution in [0.2, 0.25) is 0 Å². The first-order valence-corrected chi connectivity index (χ1v) is 9.23. The minimum atomic E-state index is -3.08. The predicted octanol–water partition coefficient (Wildman–Crippen LogP) is 1.81. The van der Waals surface area contributed by atoms with Gasteiger partial charge in [-0.1, -0.05) is 0 Å². The van der Waals surface area contributed by atoms with Crippen LogP contribution in [0.5, 0.6) is 0 Å². The van der Waals surface area contributed by atoms with Crippen molar-refractivity contribution in [2.45, 2.75) is 25.9 Å². The normalized spacial score (nSPS) is 19.6. The van der Waals surface area contributed by atoms with Crippen LogP contribution in [-0.2, 0) is 16.4 Å². The summed E-state index contributed by atoms with van der Waals surface area (Å²) in [6.07, 6.45) is 3.52. The van der Waals surface area contributed by atoms with Crippen LogP contribution in [0.3, 0.4) is 0 Å². The predicted molar refractivity (Wildman–Crippen MR) is 84.6 cm³/mol. The Morgan fingerprint density at radius 1 is 1.39 bits per heavy atom. The van der Waals surface area contributed by atoms with Crippen LogP contribution in [0.15, 0.2) is 41.1 Å². The molecule has 7 heteroatoms. The van der Waals surface area contributed by atoms with Gasteiger partial charge in [0.1, 0.15) is 5.76 Å². The molecule has 122 valence electrons. The molecule has 3 heterocycles. The van der Waals surface area contributed by atoms with E-state index >= 15 is 0 Å². The maximum absolute atomic E-state index is 12.8. The first-order chi connectivity index (χ1) is 10.9. The lowest BCUT2D eigenvalue weighted by molar-refractivity contribution is 0.0665. The van der Waals surface area contributed by atoms with Gasteiger partial charge in [0.15, 0.2) is 9.84 Å². The third-order valence-electron chi connectivity index (χ3n) is 3.97. The Hall–Kier alpha value is -2.15. The van der Waals surface area contributed by atoms with Crippen LogP contribution in [0.4, 0.5) is 0 Å². The molecule has 2 aromatic heterocycles. The van der Waals surface area contributed by atoms with E-state index in [0.29, 0.717) is 17.7 Å². The van der Waals surface area contributed by atoms with Crippen LogP contribution in [0.25, 0.3) is 0 Å². The van der Waals surface area contributed by atoms with Gasteiger partial charge in [0.05, 0.1) is 29.9 Å². The molecule has 0 N–H and O–H groups in total. The Labute approximate surface area is 135 Å². The summed E-state index contributed by atoms with van der Waals surface area (Å²) in [5.74, 6) is 0.517. The van der Waals surface area contributed by atoms with Crippen molar-refractivity contribution in [2.24, 2.45) is 0 Å². The lowest BCUT2D eigenvalue weighted by atomic mass is 10.1. The van der Waals surface area contributed by atoms with Crippen molar-refractivity contribution in [3.8, 4) is 0 Å². The summed E-state index contributed by atoms with van der Waals surface area (Å²) in [5, 5.41) is 0. The van der Waals surface area contributed by atoms with Gasteiger partial charge in [-0.2, -0.15) is 0 Å². The molecule has 0 aliphatic carbocycles. The third-order valence-corrected chi connectivity index (χ3v) is 5.72. The van der Waals surface area contributed by atoms with Crippen molar-refractivity contribution in [1.29, 1.82) is 0 Å². The monoisotopic (exact) mass is 334 g/mol. The highest BCUT2D eigenvalue weighted by molar-refractivity contribution is 7.91. The number of aromatic nitrogens is 1. The second kappa shape index (κ2) is 6.16. The van der Waals surface area contributed by atoms with E-state index < -0.39 is 9.84 Å². The highest BCUT2D eigenvalue weighted by atomic mass is 32.2. The molecule has 1 amide bonds. The topological polar surface area (TPSA) is 80.5 Å². The van der Waals surface area contributed by atoms with Gasteiger partial charge in [-0.25, -0.2) is 8.42 Å². The lowest BCUT2D eigenvalue weighted by Crippen LogP contribution is -2.40. The number of sulfone groups is 1. The molecular weight excluding hydrogens is 316 g/mol. The van der Waals surface area contributed by atoms with Crippen LogP contribution in [-0.4, -0.2) is 41.8 Å². The number of nitrogens with zero attached hydrogens (tertiary/aromatic N) is 2. The average Bonchev–Trinajstić information content (AvgIpc) is 3.14. The molecule has 0 aromatic carbocycles. The van der Waals surface area contributed by atoms with Crippen LogP contribution in [0.1, 0.15) is 28.2 Å². The molecule has 2 aromatic rings. The van der Waals surface area contributed by atoms with E-state index in [1.165, 1.54) is 12.5 Å². The molecular formula is C16H18N2O4S. The number of hydrogen-bond acceptors (Lipinski definition) is 5. The largest absolute Gasteiger partial charge is 0.467 e. The molecule has 0 bridgehead atoms. The molecule has 0 spiro atoms. The summed E-state index contributed by atoms with van der Waals surface area (Å²) in [7, 11) is -3.08. The quantitative estimate of drug-likeness (QED) is 0.852. The van der Waals surface area contributed by atoms with E-state index in [4.69, 9.17) is 4.42 Å². The van der Waals surface area contributed by atoms with E-state index in [2.05, 4.69) is 4.98 Å². The van der Waals surface area contributed by atoms with E-state index in [-0.39, 0.29) is 30.0 Å². The maximum Gasteiger partial charge on any atom is 0.256 e. The summed E-state index contributed by atoms with van der Waals surface area (Å²) >= 11 is 0. The molecule has 3 rings (SSSR count). The molecule has 23 heavy (non-hydrogen) atoms. The second-order valence-corrected chi connectivity index (χ2v) is 7.99. The molecule has 1 saturated heterocycles. The third kappa shape index (κ3) is 3.61. The van der Waals surface area contributed by atoms with Gasteiger partial charge in [0.2, 0.25) is 0 Å². The molecule has 1 fully saturated rings. The Morgan fingerprint density at radius 2 is 2.22 bits per heavy atom. The van der Waals surface area contributed by atoms with Crippen LogP contribution >= 0.6 is 0 Å². The second-order valence-electron chi connectivity index (χ2n) is 5.76. The van der Waals surface area contributed by atoms with Gasteiger partial charge in [0, 0.05) is 17.9 Å². The average molecular weight is 334 g/mol. The van der Waals surface area contributed by atoms with Gasteiger partial charge < -0.3 is 9.32 Å². The fraction of sp³-hybridized carbons (Fsp3) is 0.375. The lowest BCUT2D eigenvalue weighted by Gasteiger charge is -2.27. The minimum absolute atomic E-state index is 0.00125. The molecule has 1 aliphatic heterocycles. The number of carbonyl (C=O) groups excluding carboxylic acids is 1. The first kappa shape index (κ1) is 15.7. The zero-order valence-electron chi connectivity index (χ0n) is 12.8. The standard InChI is InChI=1S/C16H18N2O4S/c1-12-4-5-13(9-17-12)16(19)18(10-15-3-2-7-22-15)14-6-8-23(20,21)11-14/h2-5,7,9,14H,6,8,10-11H2,1H3. The zero-order valence-corrected chi connectivity index (χ0v) is 13.6. The number of carbonyl (C=O) groups is 1. The Morgan fingerprint density at radius 3 is 2.78 bits per heavy atom. The van der Waals surface area contributed by atoms with Gasteiger partial charge >= 0.3 is 0 Å². The summed E-state index contributed by atoms with van der Waals surface area (Å²) in [6.45, 7) is 2.10. The van der Waals surface area contributed by atoms with Gasteiger partial charge in [-0.05, 0) is 37.6 Å². The highest BCUT2D eigenvalue weighted by Crippen LogP contribution is 2.22. The van der Waals surface area contributed by atoms with Crippen molar-refractivity contribution in [2.75, 3.05) is 11.5 Å². The Bertz CT molecular complexity index is 782. The number of amides is 1. The van der Waals surface area contributed by atoms with Crippen molar-refractivity contribution in [3.05, 3.63) is 53.7 Å². The van der Waals surface area contributed by atoms with Crippen molar-refractivity contribution >= 4 is 15.7 Å². The summed E-state index contributed by atoms with van der Waals surface area (Å²) in [5.41, 5.74) is 1.27. The molecule has 6 nitrogen and oxygen atoms in total. The van der Waals surface area contributed by atoms with Crippen LogP contribution < -0.4 is 0 Å². The number of hydrogen-bond donors (Lipinski definition) is 0. The van der Waals surface area contributed by atoms with Gasteiger partial charge in [0.25, 0.3) is 5.91 Å². The minimum Gasteiger partial charge on any atom is -0.467 e. The summed E-state index contributed by atoms with van der Waals surface area (Å²) < 4.78 is 28.9. The summed E-state index contributed by atoms with van der Waals surface area (Å²) in [4.78, 5) is 18.6. The van der Waals surface area contributed by atoms with E-state index in [0.717, 1.165) is 5.69 Å². The van der Waals surface area contributed by atoms with Crippen molar-refractivity contribution in [3.63, 3.8) is 0 Å². The fourth-order valence-electron chi connectivity index (χ4n) is 2.72. The number of rotatable bonds is 4. The first-order valence-electron chi connectivity index (χ1n) is 7.41. The van der Waals surface area contributed by atoms with Crippen molar-refractivity contribution < 1.29 is 17.6 Å². The van der Waals surface area contributed by atoms with Crippen LogP contribution in [0, 0.1) is 6.92 Å². The number of furan rings is 1. The van der Waals surface area contributed by atoms with Crippen molar-refractivity contribution in [1.82, 2.24) is 9.88 Å². The van der Waals surface area contributed by atoms with Gasteiger partial charge in [-0.3, -0.25) is 9.78 Å². The number of aryl methyl sites for hydroxylation is 1. The molecule has 0 radical (unpaired) electrons. The zero-order chi connectivity index (χ0) is 16.4. The van der Waals surface area contributed by atoms with E-state index in [1.807, 2.05) is 6.92 Å².